The first-order chi connectivity index (χ1) is 8.15. The summed E-state index contributed by atoms with van der Waals surface area (Å²) in [6.07, 6.45) is 0. The monoisotopic (exact) mass is 264 g/mol. The van der Waals surface area contributed by atoms with E-state index in [1.165, 1.54) is 18.7 Å². The van der Waals surface area contributed by atoms with E-state index in [4.69, 9.17) is 7.85 Å². The molecule has 1 aliphatic rings. The molecule has 4 nitrogen and oxygen atoms in total. The van der Waals surface area contributed by atoms with E-state index in [1.807, 2.05) is 12.1 Å². The highest BCUT2D eigenvalue weighted by molar-refractivity contribution is 6.32. The van der Waals surface area contributed by atoms with Gasteiger partial charge in [-0.15, -0.1) is 0 Å². The lowest BCUT2D eigenvalue weighted by Gasteiger charge is -2.37. The Balaban J connectivity index is 0.00000162. The highest BCUT2D eigenvalue weighted by Gasteiger charge is 2.18. The molecular weight excluding hydrogens is 239 g/mol. The summed E-state index contributed by atoms with van der Waals surface area (Å²) in [7, 11) is 5.80. The van der Waals surface area contributed by atoms with Gasteiger partial charge in [0.05, 0.1) is 0 Å². The van der Waals surface area contributed by atoms with Crippen LogP contribution < -0.4 is 5.46 Å². The van der Waals surface area contributed by atoms with Gasteiger partial charge in [0.25, 0.3) is 0 Å². The Hall–Kier alpha value is -0.875. The Morgan fingerprint density at radius 3 is 2.26 bits per heavy atom. The molecule has 2 rings (SSSR count). The topological polar surface area (TPSA) is 69.5 Å². The number of piperazine rings is 1. The third kappa shape index (κ3) is 5.32. The third-order valence-electron chi connectivity index (χ3n) is 3.49. The fourth-order valence-corrected chi connectivity index (χ4v) is 2.39. The maximum absolute atomic E-state index is 5.80. The van der Waals surface area contributed by atoms with Crippen LogP contribution in [-0.2, 0) is 6.54 Å². The van der Waals surface area contributed by atoms with E-state index in [0.29, 0.717) is 6.04 Å². The second-order valence-corrected chi connectivity index (χ2v) is 5.15. The van der Waals surface area contributed by atoms with Gasteiger partial charge in [0.2, 0.25) is 0 Å². The van der Waals surface area contributed by atoms with Gasteiger partial charge in [-0.1, -0.05) is 29.7 Å². The van der Waals surface area contributed by atoms with Crippen molar-refractivity contribution in [3.05, 3.63) is 29.8 Å². The Bertz CT molecular complexity index is 366. The van der Waals surface area contributed by atoms with Gasteiger partial charge in [0, 0.05) is 38.8 Å². The number of rotatable bonds is 3. The SMILES string of the molecule is O.O.[B]c1cccc(CN2CCN(C(C)C)CC2)c1. The Labute approximate surface area is 117 Å². The molecule has 1 aliphatic heterocycles. The summed E-state index contributed by atoms with van der Waals surface area (Å²) in [6, 6.07) is 8.89. The molecule has 0 atom stereocenters. The molecule has 19 heavy (non-hydrogen) atoms. The zero-order valence-corrected chi connectivity index (χ0v) is 11.9. The van der Waals surface area contributed by atoms with Crippen molar-refractivity contribution in [3.63, 3.8) is 0 Å². The third-order valence-corrected chi connectivity index (χ3v) is 3.49. The van der Waals surface area contributed by atoms with Crippen LogP contribution in [0.4, 0.5) is 0 Å². The summed E-state index contributed by atoms with van der Waals surface area (Å²) in [5.74, 6) is 0. The molecule has 0 aliphatic carbocycles. The van der Waals surface area contributed by atoms with Gasteiger partial charge < -0.3 is 11.0 Å². The van der Waals surface area contributed by atoms with Crippen molar-refractivity contribution in [1.82, 2.24) is 9.80 Å². The minimum atomic E-state index is 0. The highest BCUT2D eigenvalue weighted by Crippen LogP contribution is 2.09. The average molecular weight is 264 g/mol. The molecule has 1 heterocycles. The lowest BCUT2D eigenvalue weighted by atomic mass is 9.94. The lowest BCUT2D eigenvalue weighted by molar-refractivity contribution is 0.104. The van der Waals surface area contributed by atoms with Crippen LogP contribution in [0.2, 0.25) is 0 Å². The van der Waals surface area contributed by atoms with Crippen LogP contribution in [0.15, 0.2) is 24.3 Å². The van der Waals surface area contributed by atoms with Crippen molar-refractivity contribution < 1.29 is 11.0 Å². The zero-order valence-electron chi connectivity index (χ0n) is 11.9. The Morgan fingerprint density at radius 2 is 1.74 bits per heavy atom. The van der Waals surface area contributed by atoms with E-state index < -0.39 is 0 Å². The summed E-state index contributed by atoms with van der Waals surface area (Å²) in [5.41, 5.74) is 2.19. The summed E-state index contributed by atoms with van der Waals surface area (Å²) in [5, 5.41) is 0. The van der Waals surface area contributed by atoms with Crippen molar-refractivity contribution in [2.75, 3.05) is 26.2 Å². The van der Waals surface area contributed by atoms with Gasteiger partial charge in [0.1, 0.15) is 7.85 Å². The Morgan fingerprint density at radius 1 is 1.11 bits per heavy atom. The first kappa shape index (κ1) is 18.1. The van der Waals surface area contributed by atoms with Crippen molar-refractivity contribution >= 4 is 13.3 Å². The molecule has 1 aromatic rings. The van der Waals surface area contributed by atoms with Gasteiger partial charge in [-0.3, -0.25) is 9.80 Å². The molecule has 4 N–H and O–H groups in total. The number of nitrogens with zero attached hydrogens (tertiary/aromatic N) is 2. The van der Waals surface area contributed by atoms with Gasteiger partial charge in [-0.2, -0.15) is 0 Å². The van der Waals surface area contributed by atoms with Crippen LogP contribution in [0.25, 0.3) is 0 Å². The van der Waals surface area contributed by atoms with E-state index in [9.17, 15) is 0 Å². The molecule has 0 saturated carbocycles. The summed E-state index contributed by atoms with van der Waals surface area (Å²) in [4.78, 5) is 5.05. The predicted molar refractivity (Wildman–Crippen MR) is 81.0 cm³/mol. The molecule has 0 spiro atoms. The van der Waals surface area contributed by atoms with Crippen molar-refractivity contribution in [3.8, 4) is 0 Å². The quantitative estimate of drug-likeness (QED) is 0.681. The highest BCUT2D eigenvalue weighted by atomic mass is 16.0. The van der Waals surface area contributed by atoms with Crippen LogP contribution in [-0.4, -0.2) is 60.8 Å². The molecule has 0 amide bonds. The minimum absolute atomic E-state index is 0. The number of benzene rings is 1. The molecule has 1 saturated heterocycles. The summed E-state index contributed by atoms with van der Waals surface area (Å²) in [6.45, 7) is 10.2. The van der Waals surface area contributed by atoms with Crippen molar-refractivity contribution in [2.24, 2.45) is 0 Å². The fourth-order valence-electron chi connectivity index (χ4n) is 2.39. The number of hydrogen-bond acceptors (Lipinski definition) is 2. The van der Waals surface area contributed by atoms with Gasteiger partial charge in [-0.25, -0.2) is 0 Å². The van der Waals surface area contributed by atoms with E-state index in [1.54, 1.807) is 0 Å². The van der Waals surface area contributed by atoms with Crippen LogP contribution in [0.1, 0.15) is 19.4 Å². The van der Waals surface area contributed by atoms with Crippen molar-refractivity contribution in [2.45, 2.75) is 26.4 Å². The molecule has 106 valence electrons. The molecule has 0 unspecified atom stereocenters. The lowest BCUT2D eigenvalue weighted by Crippen LogP contribution is -2.48. The van der Waals surface area contributed by atoms with Crippen LogP contribution in [0.3, 0.4) is 0 Å². The van der Waals surface area contributed by atoms with E-state index >= 15 is 0 Å². The fraction of sp³-hybridized carbons (Fsp3) is 0.571. The van der Waals surface area contributed by atoms with Crippen LogP contribution in [0.5, 0.6) is 0 Å². The molecule has 2 radical (unpaired) electrons. The smallest absolute Gasteiger partial charge is 0.113 e. The molecule has 0 aromatic heterocycles. The molecule has 0 bridgehead atoms. The normalized spacial score (nSPS) is 16.8. The summed E-state index contributed by atoms with van der Waals surface area (Å²) < 4.78 is 0. The largest absolute Gasteiger partial charge is 0.412 e. The first-order valence-electron chi connectivity index (χ1n) is 6.46. The van der Waals surface area contributed by atoms with Crippen LogP contribution in [0, 0.1) is 0 Å². The van der Waals surface area contributed by atoms with E-state index in [0.717, 1.165) is 25.1 Å². The predicted octanol–water partition coefficient (Wildman–Crippen LogP) is -0.643. The maximum atomic E-state index is 5.80. The van der Waals surface area contributed by atoms with Gasteiger partial charge in [0.15, 0.2) is 0 Å². The second-order valence-electron chi connectivity index (χ2n) is 5.15. The standard InChI is InChI=1S/C14H21BN2.2H2O/c1-12(2)17-8-6-16(7-9-17)11-13-4-3-5-14(15)10-13;;/h3-5,10,12H,6-9,11H2,1-2H3;2*1H2. The maximum Gasteiger partial charge on any atom is 0.113 e. The van der Waals surface area contributed by atoms with Gasteiger partial charge in [-0.05, 0) is 19.4 Å². The Kier molecular flexibility index (Phi) is 7.94. The van der Waals surface area contributed by atoms with E-state index in [-0.39, 0.29) is 11.0 Å². The van der Waals surface area contributed by atoms with E-state index in [2.05, 4.69) is 35.8 Å². The molecule has 1 fully saturated rings. The molecule has 5 heteroatoms. The second kappa shape index (κ2) is 8.33. The van der Waals surface area contributed by atoms with Crippen LogP contribution >= 0.6 is 0 Å². The van der Waals surface area contributed by atoms with Crippen molar-refractivity contribution in [1.29, 1.82) is 0 Å². The minimum Gasteiger partial charge on any atom is -0.412 e. The number of hydrogen-bond donors (Lipinski definition) is 0. The van der Waals surface area contributed by atoms with Gasteiger partial charge >= 0.3 is 0 Å². The average Bonchev–Trinajstić information content (AvgIpc) is 2.29. The summed E-state index contributed by atoms with van der Waals surface area (Å²) >= 11 is 0. The molecule has 1 aromatic carbocycles. The first-order valence-corrected chi connectivity index (χ1v) is 6.46. The molecular formula is C14H25BN2O2. The zero-order chi connectivity index (χ0) is 12.3.